The van der Waals surface area contributed by atoms with Crippen LogP contribution in [-0.2, 0) is 20.7 Å². The Labute approximate surface area is 112 Å². The SMILES string of the molecule is COC(=O)C(CCN)C(=O)C(N)Cc1ccccc1. The number of hydrogen-bond acceptors (Lipinski definition) is 5. The molecule has 1 aromatic rings. The number of ketones is 1. The number of hydrogen-bond donors (Lipinski definition) is 2. The van der Waals surface area contributed by atoms with Crippen molar-refractivity contribution in [3.8, 4) is 0 Å². The van der Waals surface area contributed by atoms with Crippen molar-refractivity contribution in [2.24, 2.45) is 17.4 Å². The van der Waals surface area contributed by atoms with Gasteiger partial charge in [0.1, 0.15) is 5.92 Å². The third-order valence-electron chi connectivity index (χ3n) is 2.95. The van der Waals surface area contributed by atoms with Gasteiger partial charge in [0.15, 0.2) is 5.78 Å². The van der Waals surface area contributed by atoms with Crippen LogP contribution in [0.5, 0.6) is 0 Å². The van der Waals surface area contributed by atoms with Gasteiger partial charge in [-0.1, -0.05) is 30.3 Å². The van der Waals surface area contributed by atoms with E-state index in [1.807, 2.05) is 30.3 Å². The molecule has 19 heavy (non-hydrogen) atoms. The van der Waals surface area contributed by atoms with E-state index in [0.717, 1.165) is 5.56 Å². The number of benzene rings is 1. The molecule has 0 aromatic heterocycles. The topological polar surface area (TPSA) is 95.4 Å². The molecule has 0 spiro atoms. The fraction of sp³-hybridized carbons (Fsp3) is 0.429. The molecule has 0 aliphatic carbocycles. The average molecular weight is 264 g/mol. The molecule has 104 valence electrons. The monoisotopic (exact) mass is 264 g/mol. The number of esters is 1. The summed E-state index contributed by atoms with van der Waals surface area (Å²) in [5.41, 5.74) is 12.2. The Kier molecular flexibility index (Phi) is 6.18. The van der Waals surface area contributed by atoms with E-state index in [1.165, 1.54) is 7.11 Å². The standard InChI is InChI=1S/C14H20N2O3/c1-19-14(18)11(7-8-15)13(17)12(16)9-10-5-3-2-4-6-10/h2-6,11-12H,7-9,15-16H2,1H3. The molecule has 0 bridgehead atoms. The summed E-state index contributed by atoms with van der Waals surface area (Å²) in [5, 5.41) is 0. The summed E-state index contributed by atoms with van der Waals surface area (Å²) < 4.78 is 4.62. The molecule has 0 aliphatic heterocycles. The van der Waals surface area contributed by atoms with Crippen molar-refractivity contribution < 1.29 is 14.3 Å². The molecule has 2 atom stereocenters. The van der Waals surface area contributed by atoms with Crippen molar-refractivity contribution >= 4 is 11.8 Å². The minimum atomic E-state index is -0.867. The first kappa shape index (κ1) is 15.3. The van der Waals surface area contributed by atoms with Gasteiger partial charge in [-0.3, -0.25) is 9.59 Å². The van der Waals surface area contributed by atoms with E-state index >= 15 is 0 Å². The predicted octanol–water partition coefficient (Wildman–Crippen LogP) is 0.264. The van der Waals surface area contributed by atoms with Crippen LogP contribution in [0, 0.1) is 5.92 Å². The molecular weight excluding hydrogens is 244 g/mol. The van der Waals surface area contributed by atoms with Crippen LogP contribution >= 0.6 is 0 Å². The Morgan fingerprint density at radius 3 is 2.42 bits per heavy atom. The lowest BCUT2D eigenvalue weighted by Crippen LogP contribution is -2.41. The molecule has 0 amide bonds. The van der Waals surface area contributed by atoms with Crippen molar-refractivity contribution in [2.45, 2.75) is 18.9 Å². The highest BCUT2D eigenvalue weighted by atomic mass is 16.5. The zero-order chi connectivity index (χ0) is 14.3. The van der Waals surface area contributed by atoms with E-state index < -0.39 is 17.9 Å². The van der Waals surface area contributed by atoms with Crippen LogP contribution in [0.15, 0.2) is 30.3 Å². The smallest absolute Gasteiger partial charge is 0.316 e. The predicted molar refractivity (Wildman–Crippen MR) is 72.3 cm³/mol. The third kappa shape index (κ3) is 4.46. The lowest BCUT2D eigenvalue weighted by molar-refractivity contribution is -0.150. The maximum atomic E-state index is 12.2. The first-order chi connectivity index (χ1) is 9.10. The largest absolute Gasteiger partial charge is 0.468 e. The summed E-state index contributed by atoms with van der Waals surface area (Å²) >= 11 is 0. The Morgan fingerprint density at radius 2 is 1.89 bits per heavy atom. The zero-order valence-electron chi connectivity index (χ0n) is 11.0. The number of nitrogens with two attached hydrogens (primary N) is 2. The van der Waals surface area contributed by atoms with Crippen LogP contribution in [0.2, 0.25) is 0 Å². The minimum Gasteiger partial charge on any atom is -0.468 e. The maximum absolute atomic E-state index is 12.2. The van der Waals surface area contributed by atoms with Gasteiger partial charge in [-0.2, -0.15) is 0 Å². The first-order valence-corrected chi connectivity index (χ1v) is 6.21. The van der Waals surface area contributed by atoms with Gasteiger partial charge in [0.05, 0.1) is 13.2 Å². The Morgan fingerprint density at radius 1 is 1.26 bits per heavy atom. The molecular formula is C14H20N2O3. The molecule has 5 heteroatoms. The van der Waals surface area contributed by atoms with E-state index in [-0.39, 0.29) is 18.7 Å². The second-order valence-corrected chi connectivity index (χ2v) is 4.35. The van der Waals surface area contributed by atoms with Gasteiger partial charge in [-0.25, -0.2) is 0 Å². The van der Waals surface area contributed by atoms with Crippen LogP contribution in [0.4, 0.5) is 0 Å². The Bertz CT molecular complexity index is 420. The summed E-state index contributed by atoms with van der Waals surface area (Å²) in [6.45, 7) is 0.240. The van der Waals surface area contributed by atoms with Gasteiger partial charge < -0.3 is 16.2 Å². The van der Waals surface area contributed by atoms with E-state index in [0.29, 0.717) is 6.42 Å². The maximum Gasteiger partial charge on any atom is 0.316 e. The van der Waals surface area contributed by atoms with Crippen molar-refractivity contribution in [1.29, 1.82) is 0 Å². The van der Waals surface area contributed by atoms with Crippen molar-refractivity contribution in [3.05, 3.63) is 35.9 Å². The number of Topliss-reactive ketones (excluding diaryl/α,β-unsaturated/α-hetero) is 1. The van der Waals surface area contributed by atoms with Gasteiger partial charge in [0.2, 0.25) is 0 Å². The number of rotatable bonds is 7. The summed E-state index contributed by atoms with van der Waals surface area (Å²) in [4.78, 5) is 23.7. The number of ether oxygens (including phenoxy) is 1. The van der Waals surface area contributed by atoms with Crippen LogP contribution in [0.3, 0.4) is 0 Å². The fourth-order valence-corrected chi connectivity index (χ4v) is 1.91. The summed E-state index contributed by atoms with van der Waals surface area (Å²) in [6, 6.07) is 8.71. The molecule has 2 unspecified atom stereocenters. The van der Waals surface area contributed by atoms with E-state index in [2.05, 4.69) is 4.74 Å². The molecule has 0 saturated carbocycles. The van der Waals surface area contributed by atoms with E-state index in [9.17, 15) is 9.59 Å². The Balaban J connectivity index is 2.71. The van der Waals surface area contributed by atoms with Gasteiger partial charge >= 0.3 is 5.97 Å². The highest BCUT2D eigenvalue weighted by molar-refractivity contribution is 6.01. The van der Waals surface area contributed by atoms with Crippen molar-refractivity contribution in [1.82, 2.24) is 0 Å². The van der Waals surface area contributed by atoms with Gasteiger partial charge in [0.25, 0.3) is 0 Å². The quantitative estimate of drug-likeness (QED) is 0.544. The van der Waals surface area contributed by atoms with Crippen LogP contribution < -0.4 is 11.5 Å². The molecule has 5 nitrogen and oxygen atoms in total. The lowest BCUT2D eigenvalue weighted by Gasteiger charge is -2.17. The highest BCUT2D eigenvalue weighted by Gasteiger charge is 2.30. The summed E-state index contributed by atoms with van der Waals surface area (Å²) in [6.07, 6.45) is 0.658. The molecule has 1 rings (SSSR count). The first-order valence-electron chi connectivity index (χ1n) is 6.21. The highest BCUT2D eigenvalue weighted by Crippen LogP contribution is 2.11. The van der Waals surface area contributed by atoms with Gasteiger partial charge in [0, 0.05) is 0 Å². The second kappa shape index (κ2) is 7.66. The number of methoxy groups -OCH3 is 1. The zero-order valence-corrected chi connectivity index (χ0v) is 11.0. The summed E-state index contributed by atoms with van der Waals surface area (Å²) in [7, 11) is 1.25. The van der Waals surface area contributed by atoms with Crippen LogP contribution in [0.25, 0.3) is 0 Å². The molecule has 0 fully saturated rings. The third-order valence-corrected chi connectivity index (χ3v) is 2.95. The van der Waals surface area contributed by atoms with E-state index in [1.54, 1.807) is 0 Å². The molecule has 0 saturated heterocycles. The second-order valence-electron chi connectivity index (χ2n) is 4.35. The molecule has 0 radical (unpaired) electrons. The average Bonchev–Trinajstić information content (AvgIpc) is 2.44. The number of carbonyl (C=O) groups is 2. The minimum absolute atomic E-state index is 0.240. The fourth-order valence-electron chi connectivity index (χ4n) is 1.91. The van der Waals surface area contributed by atoms with Gasteiger partial charge in [-0.05, 0) is 24.9 Å². The van der Waals surface area contributed by atoms with Crippen molar-refractivity contribution in [2.75, 3.05) is 13.7 Å². The van der Waals surface area contributed by atoms with Crippen LogP contribution in [0.1, 0.15) is 12.0 Å². The summed E-state index contributed by atoms with van der Waals surface area (Å²) in [5.74, 6) is -1.76. The van der Waals surface area contributed by atoms with Gasteiger partial charge in [-0.15, -0.1) is 0 Å². The lowest BCUT2D eigenvalue weighted by atomic mass is 9.92. The normalized spacial score (nSPS) is 13.6. The molecule has 1 aromatic carbocycles. The van der Waals surface area contributed by atoms with Crippen LogP contribution in [-0.4, -0.2) is 31.4 Å². The molecule has 0 aliphatic rings. The molecule has 4 N–H and O–H groups in total. The number of carbonyl (C=O) groups excluding carboxylic acids is 2. The van der Waals surface area contributed by atoms with Crippen molar-refractivity contribution in [3.63, 3.8) is 0 Å². The molecule has 0 heterocycles. The van der Waals surface area contributed by atoms with E-state index in [4.69, 9.17) is 11.5 Å². The Hall–Kier alpha value is -1.72.